The van der Waals surface area contributed by atoms with Gasteiger partial charge in [0.15, 0.2) is 5.16 Å². The molecule has 0 bridgehead atoms. The van der Waals surface area contributed by atoms with Gasteiger partial charge in [-0.15, -0.1) is 11.3 Å². The Hall–Kier alpha value is -4.04. The van der Waals surface area contributed by atoms with Gasteiger partial charge in [0, 0.05) is 12.1 Å². The minimum Gasteiger partial charge on any atom is -0.457 e. The van der Waals surface area contributed by atoms with Crippen LogP contribution in [-0.4, -0.2) is 26.6 Å². The van der Waals surface area contributed by atoms with Crippen LogP contribution in [0.5, 0.6) is 11.5 Å². The van der Waals surface area contributed by atoms with Gasteiger partial charge in [0.1, 0.15) is 23.0 Å². The van der Waals surface area contributed by atoms with E-state index in [1.54, 1.807) is 17.5 Å². The Morgan fingerprint density at radius 2 is 1.84 bits per heavy atom. The third kappa shape index (κ3) is 7.01. The van der Waals surface area contributed by atoms with Gasteiger partial charge in [0.05, 0.1) is 33.0 Å². The number of halogens is 4. The third-order valence-electron chi connectivity index (χ3n) is 4.54. The number of benzene rings is 2. The second kappa shape index (κ2) is 10.9. The van der Waals surface area contributed by atoms with E-state index in [1.807, 2.05) is 0 Å². The van der Waals surface area contributed by atoms with Gasteiger partial charge >= 0.3 is 6.18 Å². The highest BCUT2D eigenvalue weighted by molar-refractivity contribution is 7.99. The van der Waals surface area contributed by atoms with Crippen LogP contribution in [0.15, 0.2) is 71.2 Å². The van der Waals surface area contributed by atoms with Crippen LogP contribution in [0, 0.1) is 15.9 Å². The van der Waals surface area contributed by atoms with Crippen LogP contribution in [0.1, 0.15) is 5.69 Å². The summed E-state index contributed by atoms with van der Waals surface area (Å²) >= 11 is 1.88. The van der Waals surface area contributed by atoms with E-state index < -0.39 is 28.5 Å². The normalized spacial score (nSPS) is 11.2. The predicted octanol–water partition coefficient (Wildman–Crippen LogP) is 6.79. The first kappa shape index (κ1) is 26.0. The fraction of sp³-hybridized carbons (Fsp3) is 0.0870. The van der Waals surface area contributed by atoms with Crippen LogP contribution in [0.2, 0.25) is 0 Å². The number of amides is 1. The number of alkyl halides is 3. The summed E-state index contributed by atoms with van der Waals surface area (Å²) in [4.78, 5) is 31.3. The summed E-state index contributed by atoms with van der Waals surface area (Å²) in [6.07, 6.45) is -4.71. The first-order valence-electron chi connectivity index (χ1n) is 10.2. The van der Waals surface area contributed by atoms with Crippen LogP contribution < -0.4 is 10.1 Å². The zero-order chi connectivity index (χ0) is 26.6. The summed E-state index contributed by atoms with van der Waals surface area (Å²) in [5.74, 6) is -1.33. The van der Waals surface area contributed by atoms with Gasteiger partial charge < -0.3 is 10.1 Å². The maximum Gasteiger partial charge on any atom is 0.433 e. The minimum absolute atomic E-state index is 0.00515. The molecule has 4 rings (SSSR count). The molecule has 0 saturated heterocycles. The van der Waals surface area contributed by atoms with E-state index in [1.165, 1.54) is 29.5 Å². The van der Waals surface area contributed by atoms with E-state index in [9.17, 15) is 32.5 Å². The molecule has 0 aliphatic carbocycles. The highest BCUT2D eigenvalue weighted by Crippen LogP contribution is 2.34. The number of hydrogen-bond donors (Lipinski definition) is 1. The van der Waals surface area contributed by atoms with E-state index >= 15 is 0 Å². The van der Waals surface area contributed by atoms with Crippen LogP contribution >= 0.6 is 23.1 Å². The molecule has 0 spiro atoms. The Labute approximate surface area is 214 Å². The molecule has 0 aliphatic rings. The second-order valence-corrected chi connectivity index (χ2v) is 9.15. The number of nitro groups is 1. The first-order valence-corrected chi connectivity index (χ1v) is 12.1. The summed E-state index contributed by atoms with van der Waals surface area (Å²) in [5, 5.41) is 15.2. The van der Waals surface area contributed by atoms with Gasteiger partial charge in [0.2, 0.25) is 5.91 Å². The van der Waals surface area contributed by atoms with Gasteiger partial charge in [-0.3, -0.25) is 14.9 Å². The number of thioether (sulfide) groups is 1. The van der Waals surface area contributed by atoms with Crippen molar-refractivity contribution >= 4 is 40.4 Å². The Morgan fingerprint density at radius 3 is 2.49 bits per heavy atom. The lowest BCUT2D eigenvalue weighted by Gasteiger charge is -2.11. The summed E-state index contributed by atoms with van der Waals surface area (Å²) in [7, 11) is 0. The number of carbonyl (C=O) groups is 1. The average molecular weight is 551 g/mol. The van der Waals surface area contributed by atoms with Crippen molar-refractivity contribution < 1.29 is 32.0 Å². The van der Waals surface area contributed by atoms with Crippen molar-refractivity contribution in [2.75, 3.05) is 11.1 Å². The zero-order valence-corrected chi connectivity index (χ0v) is 20.0. The van der Waals surface area contributed by atoms with Crippen molar-refractivity contribution in [3.8, 4) is 22.1 Å². The minimum atomic E-state index is -4.71. The molecule has 2 aromatic carbocycles. The molecule has 0 radical (unpaired) electrons. The lowest BCUT2D eigenvalue weighted by molar-refractivity contribution is -0.384. The number of nitrogens with zero attached hydrogens (tertiary/aromatic N) is 3. The summed E-state index contributed by atoms with van der Waals surface area (Å²) in [6.45, 7) is 0. The standard InChI is InChI=1S/C23H14F4N4O4S2/c24-13-3-5-16(6-4-13)35-17-9-14(8-15(10-17)31(33)34)28-21(32)12-37-22-29-18(19-2-1-7-36-19)11-20(30-22)23(25,26)27/h1-11H,12H2,(H,28,32). The molecular weight excluding hydrogens is 536 g/mol. The first-order chi connectivity index (χ1) is 17.6. The molecule has 1 amide bonds. The van der Waals surface area contributed by atoms with Gasteiger partial charge in [-0.05, 0) is 41.8 Å². The van der Waals surface area contributed by atoms with Crippen molar-refractivity contribution in [1.29, 1.82) is 0 Å². The molecule has 8 nitrogen and oxygen atoms in total. The molecule has 14 heteroatoms. The fourth-order valence-electron chi connectivity index (χ4n) is 2.97. The van der Waals surface area contributed by atoms with Crippen molar-refractivity contribution in [1.82, 2.24) is 9.97 Å². The monoisotopic (exact) mass is 550 g/mol. The van der Waals surface area contributed by atoms with E-state index in [0.29, 0.717) is 16.6 Å². The Kier molecular flexibility index (Phi) is 7.69. The fourth-order valence-corrected chi connectivity index (χ4v) is 4.32. The molecule has 0 unspecified atom stereocenters. The van der Waals surface area contributed by atoms with Crippen molar-refractivity contribution in [2.24, 2.45) is 0 Å². The molecule has 0 fully saturated rings. The maximum atomic E-state index is 13.3. The number of hydrogen-bond acceptors (Lipinski definition) is 8. The van der Waals surface area contributed by atoms with Crippen LogP contribution in [0.25, 0.3) is 10.6 Å². The second-order valence-electron chi connectivity index (χ2n) is 7.26. The van der Waals surface area contributed by atoms with Crippen molar-refractivity contribution in [3.63, 3.8) is 0 Å². The molecule has 0 atom stereocenters. The SMILES string of the molecule is O=C(CSc1nc(-c2cccs2)cc(C(F)(F)F)n1)Nc1cc(Oc2ccc(F)cc2)cc([N+](=O)[O-])c1. The average Bonchev–Trinajstić information content (AvgIpc) is 3.38. The van der Waals surface area contributed by atoms with Crippen molar-refractivity contribution in [3.05, 3.63) is 87.7 Å². The summed E-state index contributed by atoms with van der Waals surface area (Å²) < 4.78 is 58.6. The molecule has 2 aromatic heterocycles. The highest BCUT2D eigenvalue weighted by Gasteiger charge is 2.34. The molecule has 37 heavy (non-hydrogen) atoms. The summed E-state index contributed by atoms with van der Waals surface area (Å²) in [5.41, 5.74) is -1.44. The van der Waals surface area contributed by atoms with Crippen LogP contribution in [-0.2, 0) is 11.0 Å². The van der Waals surface area contributed by atoms with Crippen LogP contribution in [0.4, 0.5) is 28.9 Å². The number of rotatable bonds is 8. The quantitative estimate of drug-likeness (QED) is 0.0846. The number of anilines is 1. The molecule has 4 aromatic rings. The molecule has 0 aliphatic heterocycles. The predicted molar refractivity (Wildman–Crippen MR) is 129 cm³/mol. The Balaban J connectivity index is 1.50. The number of nitrogens with one attached hydrogen (secondary N) is 1. The van der Waals surface area contributed by atoms with Crippen molar-refractivity contribution in [2.45, 2.75) is 11.3 Å². The van der Waals surface area contributed by atoms with Crippen LogP contribution in [0.3, 0.4) is 0 Å². The topological polar surface area (TPSA) is 107 Å². The Bertz CT molecular complexity index is 1430. The lowest BCUT2D eigenvalue weighted by atomic mass is 10.2. The van der Waals surface area contributed by atoms with Gasteiger partial charge in [-0.2, -0.15) is 13.2 Å². The number of carbonyl (C=O) groups excluding carboxylic acids is 1. The molecule has 2 heterocycles. The van der Waals surface area contributed by atoms with Gasteiger partial charge in [-0.1, -0.05) is 17.8 Å². The number of nitro benzene ring substituents is 1. The number of aromatic nitrogens is 2. The van der Waals surface area contributed by atoms with E-state index in [2.05, 4.69) is 15.3 Å². The smallest absolute Gasteiger partial charge is 0.433 e. The number of ether oxygens (including phenoxy) is 1. The van der Waals surface area contributed by atoms with Gasteiger partial charge in [-0.25, -0.2) is 14.4 Å². The zero-order valence-electron chi connectivity index (χ0n) is 18.4. The van der Waals surface area contributed by atoms with E-state index in [4.69, 9.17) is 4.74 Å². The molecular formula is C23H14F4N4O4S2. The lowest BCUT2D eigenvalue weighted by Crippen LogP contribution is -2.15. The van der Waals surface area contributed by atoms with Gasteiger partial charge in [0.25, 0.3) is 5.69 Å². The number of non-ortho nitro benzene ring substituents is 1. The summed E-state index contributed by atoms with van der Waals surface area (Å²) in [6, 6.07) is 12.6. The molecule has 1 N–H and O–H groups in total. The number of thiophene rings is 1. The maximum absolute atomic E-state index is 13.3. The molecule has 0 saturated carbocycles. The Morgan fingerprint density at radius 1 is 1.08 bits per heavy atom. The van der Waals surface area contributed by atoms with E-state index in [-0.39, 0.29) is 39.5 Å². The largest absolute Gasteiger partial charge is 0.457 e. The van der Waals surface area contributed by atoms with E-state index in [0.717, 1.165) is 30.3 Å². The third-order valence-corrected chi connectivity index (χ3v) is 6.28. The highest BCUT2D eigenvalue weighted by atomic mass is 32.2. The molecule has 190 valence electrons.